The zero-order valence-electron chi connectivity index (χ0n) is 12.0. The molecule has 0 radical (unpaired) electrons. The van der Waals surface area contributed by atoms with Gasteiger partial charge in [-0.1, -0.05) is 5.92 Å². The molecular formula is C15H15N3O2S. The molecule has 0 aromatic carbocycles. The number of rotatable bonds is 0. The van der Waals surface area contributed by atoms with Crippen molar-refractivity contribution in [2.24, 2.45) is 0 Å². The van der Waals surface area contributed by atoms with E-state index >= 15 is 0 Å². The van der Waals surface area contributed by atoms with Crippen LogP contribution in [-0.2, 0) is 6.54 Å². The van der Waals surface area contributed by atoms with Gasteiger partial charge in [-0.2, -0.15) is 0 Å². The summed E-state index contributed by atoms with van der Waals surface area (Å²) in [6, 6.07) is 1.91. The quantitative estimate of drug-likeness (QED) is 0.753. The molecule has 5 nitrogen and oxygen atoms in total. The molecule has 2 aromatic rings. The van der Waals surface area contributed by atoms with Gasteiger partial charge in [0.2, 0.25) is 0 Å². The van der Waals surface area contributed by atoms with E-state index in [-0.39, 0.29) is 5.91 Å². The number of carbonyl (C=O) groups is 1. The fourth-order valence-electron chi connectivity index (χ4n) is 2.17. The highest BCUT2D eigenvalue weighted by Gasteiger charge is 2.26. The number of aromatic nitrogens is 2. The molecule has 0 fully saturated rings. The van der Waals surface area contributed by atoms with Gasteiger partial charge in [0.05, 0.1) is 17.9 Å². The number of carbonyl (C=O) groups excluding carboxylic acids is 1. The summed E-state index contributed by atoms with van der Waals surface area (Å²) in [4.78, 5) is 19.0. The second-order valence-corrected chi connectivity index (χ2v) is 6.43. The lowest BCUT2D eigenvalue weighted by Crippen LogP contribution is -2.24. The molecule has 3 heterocycles. The summed E-state index contributed by atoms with van der Waals surface area (Å²) in [5, 5.41) is 11.6. The molecule has 0 bridgehead atoms. The van der Waals surface area contributed by atoms with Crippen LogP contribution in [0.2, 0.25) is 0 Å². The first kappa shape index (κ1) is 13.9. The molecule has 108 valence electrons. The number of imidazole rings is 1. The summed E-state index contributed by atoms with van der Waals surface area (Å²) in [5.74, 6) is 5.68. The molecule has 2 aromatic heterocycles. The standard InChI is InChI=1S/C15H15N3O2S/c1-15(2,20)6-4-10-12-8-17(3)14(19)13-11(5-7-21-13)18(12)9-16-10/h5,7,9,20H,8H2,1-3H3. The molecule has 1 aliphatic rings. The Balaban J connectivity index is 2.14. The second kappa shape index (κ2) is 4.72. The summed E-state index contributed by atoms with van der Waals surface area (Å²) >= 11 is 1.43. The Labute approximate surface area is 126 Å². The first-order valence-electron chi connectivity index (χ1n) is 6.52. The van der Waals surface area contributed by atoms with E-state index in [1.165, 1.54) is 11.3 Å². The lowest BCUT2D eigenvalue weighted by molar-refractivity contribution is 0.0792. The van der Waals surface area contributed by atoms with E-state index in [1.54, 1.807) is 32.1 Å². The molecule has 1 amide bonds. The highest BCUT2D eigenvalue weighted by atomic mass is 32.1. The van der Waals surface area contributed by atoms with Crippen molar-refractivity contribution in [1.82, 2.24) is 14.5 Å². The third kappa shape index (κ3) is 2.46. The molecule has 0 unspecified atom stereocenters. The number of amides is 1. The Morgan fingerprint density at radius 3 is 2.95 bits per heavy atom. The average Bonchev–Trinajstić information content (AvgIpc) is 2.98. The van der Waals surface area contributed by atoms with Crippen LogP contribution in [-0.4, -0.2) is 38.1 Å². The van der Waals surface area contributed by atoms with Crippen molar-refractivity contribution in [3.63, 3.8) is 0 Å². The molecule has 0 saturated heterocycles. The number of nitrogens with zero attached hydrogens (tertiary/aromatic N) is 3. The zero-order chi connectivity index (χ0) is 15.2. The van der Waals surface area contributed by atoms with Gasteiger partial charge in [0, 0.05) is 7.05 Å². The first-order chi connectivity index (χ1) is 9.87. The van der Waals surface area contributed by atoms with E-state index in [0.29, 0.717) is 17.1 Å². The van der Waals surface area contributed by atoms with Gasteiger partial charge in [-0.3, -0.25) is 9.36 Å². The van der Waals surface area contributed by atoms with E-state index in [0.717, 1.165) is 11.4 Å². The molecule has 1 N–H and O–H groups in total. The van der Waals surface area contributed by atoms with Crippen LogP contribution in [0.5, 0.6) is 0 Å². The molecule has 6 heteroatoms. The first-order valence-corrected chi connectivity index (χ1v) is 7.40. The van der Waals surface area contributed by atoms with Crippen molar-refractivity contribution >= 4 is 17.2 Å². The largest absolute Gasteiger partial charge is 0.378 e. The van der Waals surface area contributed by atoms with Crippen molar-refractivity contribution < 1.29 is 9.90 Å². The maximum absolute atomic E-state index is 12.3. The summed E-state index contributed by atoms with van der Waals surface area (Å²) < 4.78 is 1.90. The number of fused-ring (bicyclic) bond motifs is 3. The predicted molar refractivity (Wildman–Crippen MR) is 80.4 cm³/mol. The Kier molecular flexibility index (Phi) is 3.12. The fraction of sp³-hybridized carbons (Fsp3) is 0.333. The third-order valence-electron chi connectivity index (χ3n) is 3.19. The van der Waals surface area contributed by atoms with E-state index in [9.17, 15) is 9.90 Å². The number of aliphatic hydroxyl groups is 1. The fourth-order valence-corrected chi connectivity index (χ4v) is 3.05. The Bertz CT molecular complexity index is 771. The molecule has 0 aliphatic carbocycles. The van der Waals surface area contributed by atoms with E-state index < -0.39 is 5.60 Å². The van der Waals surface area contributed by atoms with Gasteiger partial charge in [0.1, 0.15) is 22.5 Å². The molecule has 1 aliphatic heterocycles. The highest BCUT2D eigenvalue weighted by molar-refractivity contribution is 7.12. The Morgan fingerprint density at radius 2 is 2.24 bits per heavy atom. The van der Waals surface area contributed by atoms with Crippen LogP contribution in [0.25, 0.3) is 5.69 Å². The van der Waals surface area contributed by atoms with Gasteiger partial charge >= 0.3 is 0 Å². The Hall–Kier alpha value is -2.10. The number of hydrogen-bond acceptors (Lipinski definition) is 4. The van der Waals surface area contributed by atoms with Crippen LogP contribution in [0, 0.1) is 11.8 Å². The molecule has 0 atom stereocenters. The van der Waals surface area contributed by atoms with Gasteiger partial charge in [0.25, 0.3) is 5.91 Å². The topological polar surface area (TPSA) is 58.4 Å². The SMILES string of the molecule is CN1Cc2c(C#CC(C)(C)O)ncn2-c2ccsc2C1=O. The van der Waals surface area contributed by atoms with Gasteiger partial charge in [-0.25, -0.2) is 4.98 Å². The van der Waals surface area contributed by atoms with Gasteiger partial charge in [0.15, 0.2) is 0 Å². The third-order valence-corrected chi connectivity index (χ3v) is 4.08. The minimum Gasteiger partial charge on any atom is -0.378 e. The van der Waals surface area contributed by atoms with Gasteiger partial charge in [-0.05, 0) is 31.2 Å². The average molecular weight is 301 g/mol. The lowest BCUT2D eigenvalue weighted by atomic mass is 10.1. The van der Waals surface area contributed by atoms with Crippen LogP contribution in [0.3, 0.4) is 0 Å². The van der Waals surface area contributed by atoms with Crippen LogP contribution >= 0.6 is 11.3 Å². The molecular weight excluding hydrogens is 286 g/mol. The molecule has 0 spiro atoms. The number of hydrogen-bond donors (Lipinski definition) is 1. The van der Waals surface area contributed by atoms with Gasteiger partial charge < -0.3 is 10.0 Å². The number of thiophene rings is 1. The summed E-state index contributed by atoms with van der Waals surface area (Å²) in [6.07, 6.45) is 1.68. The monoisotopic (exact) mass is 301 g/mol. The minimum atomic E-state index is -1.07. The maximum Gasteiger partial charge on any atom is 0.266 e. The van der Waals surface area contributed by atoms with Crippen molar-refractivity contribution in [3.05, 3.63) is 34.0 Å². The zero-order valence-corrected chi connectivity index (χ0v) is 12.9. The van der Waals surface area contributed by atoms with E-state index in [1.807, 2.05) is 16.0 Å². The maximum atomic E-state index is 12.3. The summed E-state index contributed by atoms with van der Waals surface area (Å²) in [6.45, 7) is 3.69. The summed E-state index contributed by atoms with van der Waals surface area (Å²) in [5.41, 5.74) is 1.22. The lowest BCUT2D eigenvalue weighted by Gasteiger charge is -2.13. The highest BCUT2D eigenvalue weighted by Crippen LogP contribution is 2.28. The van der Waals surface area contributed by atoms with Crippen molar-refractivity contribution in [2.45, 2.75) is 26.0 Å². The normalized spacial score (nSPS) is 14.1. The van der Waals surface area contributed by atoms with E-state index in [4.69, 9.17) is 0 Å². The van der Waals surface area contributed by atoms with Crippen LogP contribution in [0.1, 0.15) is 34.9 Å². The van der Waals surface area contributed by atoms with Crippen molar-refractivity contribution in [2.75, 3.05) is 7.05 Å². The molecule has 0 saturated carbocycles. The van der Waals surface area contributed by atoms with Crippen molar-refractivity contribution in [3.8, 4) is 17.5 Å². The predicted octanol–water partition coefficient (Wildman–Crippen LogP) is 1.64. The Morgan fingerprint density at radius 1 is 1.48 bits per heavy atom. The minimum absolute atomic E-state index is 0.00472. The van der Waals surface area contributed by atoms with Crippen LogP contribution in [0.4, 0.5) is 0 Å². The van der Waals surface area contributed by atoms with E-state index in [2.05, 4.69) is 16.8 Å². The van der Waals surface area contributed by atoms with Crippen LogP contribution < -0.4 is 0 Å². The molecule has 3 rings (SSSR count). The van der Waals surface area contributed by atoms with Gasteiger partial charge in [-0.15, -0.1) is 11.3 Å². The van der Waals surface area contributed by atoms with Crippen molar-refractivity contribution in [1.29, 1.82) is 0 Å². The molecule has 21 heavy (non-hydrogen) atoms. The second-order valence-electron chi connectivity index (χ2n) is 5.52. The smallest absolute Gasteiger partial charge is 0.266 e. The van der Waals surface area contributed by atoms with Crippen LogP contribution in [0.15, 0.2) is 17.8 Å². The summed E-state index contributed by atoms with van der Waals surface area (Å²) in [7, 11) is 1.77.